The molecule has 2 rings (SSSR count). The summed E-state index contributed by atoms with van der Waals surface area (Å²) in [5.41, 5.74) is 3.75. The molecule has 1 aliphatic carbocycles. The maximum absolute atomic E-state index is 11.2. The van der Waals surface area contributed by atoms with Crippen LogP contribution in [0.25, 0.3) is 0 Å². The van der Waals surface area contributed by atoms with E-state index in [1.54, 1.807) is 0 Å². The van der Waals surface area contributed by atoms with E-state index >= 15 is 0 Å². The molecule has 0 aliphatic heterocycles. The summed E-state index contributed by atoms with van der Waals surface area (Å²) in [5, 5.41) is 0. The van der Waals surface area contributed by atoms with Gasteiger partial charge in [-0.25, -0.2) is 0 Å². The highest BCUT2D eigenvalue weighted by Gasteiger charge is 2.12. The van der Waals surface area contributed by atoms with Crippen molar-refractivity contribution in [1.82, 2.24) is 0 Å². The molecule has 94 valence electrons. The molecule has 1 aromatic carbocycles. The molecule has 0 heterocycles. The van der Waals surface area contributed by atoms with Crippen LogP contribution in [0.2, 0.25) is 0 Å². The molecular formula is C15H15BrO2. The number of benzene rings is 1. The predicted octanol–water partition coefficient (Wildman–Crippen LogP) is 3.81. The van der Waals surface area contributed by atoms with Gasteiger partial charge < -0.3 is 4.74 Å². The van der Waals surface area contributed by atoms with Crippen LogP contribution in [0.3, 0.4) is 0 Å². The summed E-state index contributed by atoms with van der Waals surface area (Å²) in [6, 6.07) is 8.30. The lowest BCUT2D eigenvalue weighted by atomic mass is 10.0. The Hall–Kier alpha value is -1.35. The molecular weight excluding hydrogens is 292 g/mol. The number of ether oxygens (including phenoxy) is 1. The number of carbonyl (C=O) groups is 1. The zero-order valence-corrected chi connectivity index (χ0v) is 11.9. The molecule has 0 atom stereocenters. The first-order valence-corrected chi connectivity index (χ1v) is 6.65. The maximum Gasteiger partial charge on any atom is 0.309 e. The summed E-state index contributed by atoms with van der Waals surface area (Å²) >= 11 is 3.47. The van der Waals surface area contributed by atoms with Crippen LogP contribution in [0.4, 0.5) is 0 Å². The van der Waals surface area contributed by atoms with E-state index in [-0.39, 0.29) is 5.97 Å². The van der Waals surface area contributed by atoms with Gasteiger partial charge in [0.1, 0.15) is 0 Å². The van der Waals surface area contributed by atoms with Gasteiger partial charge in [-0.1, -0.05) is 51.4 Å². The Morgan fingerprint density at radius 1 is 1.33 bits per heavy atom. The summed E-state index contributed by atoms with van der Waals surface area (Å²) in [7, 11) is 1.42. The second kappa shape index (κ2) is 6.01. The molecule has 0 aromatic heterocycles. The van der Waals surface area contributed by atoms with Crippen molar-refractivity contribution in [3.8, 4) is 0 Å². The van der Waals surface area contributed by atoms with Crippen LogP contribution in [0.5, 0.6) is 0 Å². The van der Waals surface area contributed by atoms with Gasteiger partial charge in [-0.2, -0.15) is 0 Å². The quantitative estimate of drug-likeness (QED) is 0.791. The molecule has 1 aliphatic rings. The minimum absolute atomic E-state index is 0.168. The van der Waals surface area contributed by atoms with Gasteiger partial charge in [-0.05, 0) is 30.5 Å². The molecule has 0 spiro atoms. The lowest BCUT2D eigenvalue weighted by Crippen LogP contribution is -2.01. The standard InChI is InChI=1S/C15H15BrO2/c1-18-15(17)10-13-6-5-12(8-13)7-11-3-2-4-14(16)9-11/h2-6,9H,7-8,10H2,1H3. The topological polar surface area (TPSA) is 26.3 Å². The number of rotatable bonds is 4. The fourth-order valence-corrected chi connectivity index (χ4v) is 2.50. The summed E-state index contributed by atoms with van der Waals surface area (Å²) in [5.74, 6) is -0.168. The maximum atomic E-state index is 11.2. The van der Waals surface area contributed by atoms with Gasteiger partial charge in [0.05, 0.1) is 13.5 Å². The van der Waals surface area contributed by atoms with Crippen LogP contribution in [-0.4, -0.2) is 13.1 Å². The largest absolute Gasteiger partial charge is 0.469 e. The molecule has 0 bridgehead atoms. The number of hydrogen-bond acceptors (Lipinski definition) is 2. The van der Waals surface area contributed by atoms with E-state index in [1.807, 2.05) is 18.2 Å². The van der Waals surface area contributed by atoms with E-state index in [4.69, 9.17) is 0 Å². The van der Waals surface area contributed by atoms with Gasteiger partial charge >= 0.3 is 5.97 Å². The lowest BCUT2D eigenvalue weighted by Gasteiger charge is -2.05. The molecule has 0 fully saturated rings. The zero-order valence-electron chi connectivity index (χ0n) is 10.3. The number of esters is 1. The molecule has 0 saturated heterocycles. The molecule has 0 amide bonds. The van der Waals surface area contributed by atoms with Crippen LogP contribution in [0.15, 0.2) is 52.0 Å². The fourth-order valence-electron chi connectivity index (χ4n) is 2.05. The van der Waals surface area contributed by atoms with Gasteiger partial charge in [-0.15, -0.1) is 0 Å². The first-order chi connectivity index (χ1) is 8.67. The van der Waals surface area contributed by atoms with E-state index in [9.17, 15) is 4.79 Å². The van der Waals surface area contributed by atoms with Gasteiger partial charge in [-0.3, -0.25) is 4.79 Å². The first kappa shape index (κ1) is 13.1. The van der Waals surface area contributed by atoms with Crippen LogP contribution < -0.4 is 0 Å². The van der Waals surface area contributed by atoms with Crippen molar-refractivity contribution in [3.05, 3.63) is 57.6 Å². The Kier molecular flexibility index (Phi) is 4.37. The highest BCUT2D eigenvalue weighted by molar-refractivity contribution is 9.10. The third-order valence-electron chi connectivity index (χ3n) is 2.93. The van der Waals surface area contributed by atoms with Crippen LogP contribution >= 0.6 is 15.9 Å². The number of carbonyl (C=O) groups excluding carboxylic acids is 1. The van der Waals surface area contributed by atoms with Crippen LogP contribution in [0, 0.1) is 0 Å². The van der Waals surface area contributed by atoms with E-state index in [1.165, 1.54) is 18.2 Å². The van der Waals surface area contributed by atoms with Gasteiger partial charge in [0.25, 0.3) is 0 Å². The van der Waals surface area contributed by atoms with Crippen LogP contribution in [0.1, 0.15) is 18.4 Å². The molecule has 0 N–H and O–H groups in total. The number of allylic oxidation sites excluding steroid dienone is 3. The molecule has 0 radical (unpaired) electrons. The lowest BCUT2D eigenvalue weighted by molar-refractivity contribution is -0.139. The van der Waals surface area contributed by atoms with Crippen molar-refractivity contribution in [3.63, 3.8) is 0 Å². The predicted molar refractivity (Wildman–Crippen MR) is 75.3 cm³/mol. The summed E-state index contributed by atoms with van der Waals surface area (Å²) < 4.78 is 5.77. The molecule has 3 heteroatoms. The minimum Gasteiger partial charge on any atom is -0.469 e. The average Bonchev–Trinajstić information content (AvgIpc) is 2.76. The number of methoxy groups -OCH3 is 1. The van der Waals surface area contributed by atoms with Crippen molar-refractivity contribution in [2.24, 2.45) is 0 Å². The highest BCUT2D eigenvalue weighted by atomic mass is 79.9. The fraction of sp³-hybridized carbons (Fsp3) is 0.267. The smallest absolute Gasteiger partial charge is 0.309 e. The van der Waals surface area contributed by atoms with Gasteiger partial charge in [0.2, 0.25) is 0 Å². The summed E-state index contributed by atoms with van der Waals surface area (Å²) in [4.78, 5) is 11.2. The Morgan fingerprint density at radius 2 is 2.11 bits per heavy atom. The van der Waals surface area contributed by atoms with E-state index < -0.39 is 0 Å². The molecule has 0 unspecified atom stereocenters. The van der Waals surface area contributed by atoms with Crippen molar-refractivity contribution in [2.45, 2.75) is 19.3 Å². The van der Waals surface area contributed by atoms with Gasteiger partial charge in [0, 0.05) is 4.47 Å². The molecule has 18 heavy (non-hydrogen) atoms. The van der Waals surface area contributed by atoms with E-state index in [2.05, 4.69) is 38.9 Å². The highest BCUT2D eigenvalue weighted by Crippen LogP contribution is 2.25. The summed E-state index contributed by atoms with van der Waals surface area (Å²) in [6.45, 7) is 0. The van der Waals surface area contributed by atoms with Gasteiger partial charge in [0.15, 0.2) is 0 Å². The van der Waals surface area contributed by atoms with E-state index in [0.29, 0.717) is 6.42 Å². The molecule has 2 nitrogen and oxygen atoms in total. The minimum atomic E-state index is -0.168. The van der Waals surface area contributed by atoms with Crippen molar-refractivity contribution in [2.75, 3.05) is 7.11 Å². The first-order valence-electron chi connectivity index (χ1n) is 5.86. The third-order valence-corrected chi connectivity index (χ3v) is 3.42. The normalized spacial score (nSPS) is 14.1. The average molecular weight is 307 g/mol. The number of halogens is 1. The van der Waals surface area contributed by atoms with Crippen molar-refractivity contribution in [1.29, 1.82) is 0 Å². The molecule has 0 saturated carbocycles. The Labute approximate surface area is 115 Å². The molecule has 1 aromatic rings. The number of hydrogen-bond donors (Lipinski definition) is 0. The van der Waals surface area contributed by atoms with Crippen LogP contribution in [-0.2, 0) is 16.0 Å². The van der Waals surface area contributed by atoms with E-state index in [0.717, 1.165) is 22.9 Å². The van der Waals surface area contributed by atoms with Crippen molar-refractivity contribution < 1.29 is 9.53 Å². The second-order valence-corrected chi connectivity index (χ2v) is 5.30. The second-order valence-electron chi connectivity index (χ2n) is 4.39. The Bertz CT molecular complexity index is 515. The third kappa shape index (κ3) is 3.57. The monoisotopic (exact) mass is 306 g/mol. The van der Waals surface area contributed by atoms with Crippen molar-refractivity contribution >= 4 is 21.9 Å². The summed E-state index contributed by atoms with van der Waals surface area (Å²) in [6.07, 6.45) is 6.35. The zero-order chi connectivity index (χ0) is 13.0. The Balaban J connectivity index is 1.90. The Morgan fingerprint density at radius 3 is 2.83 bits per heavy atom. The SMILES string of the molecule is COC(=O)CC1=CC=C(Cc2cccc(Br)c2)C1.